The summed E-state index contributed by atoms with van der Waals surface area (Å²) in [5.74, 6) is -1.70. The fourth-order valence-corrected chi connectivity index (χ4v) is 2.30. The molecule has 0 radical (unpaired) electrons. The largest absolute Gasteiger partial charge is 0.476 e. The number of oxime groups is 1. The Labute approximate surface area is 145 Å². The van der Waals surface area contributed by atoms with Crippen molar-refractivity contribution in [3.8, 4) is 5.75 Å². The molecule has 0 saturated heterocycles. The second-order valence-electron chi connectivity index (χ2n) is 5.62. The number of hydrogen-bond donors (Lipinski definition) is 1. The highest BCUT2D eigenvalue weighted by atomic mass is 19.1. The fourth-order valence-electron chi connectivity index (χ4n) is 2.30. The van der Waals surface area contributed by atoms with Crippen LogP contribution < -0.4 is 10.1 Å². The van der Waals surface area contributed by atoms with E-state index >= 15 is 0 Å². The molecule has 1 aliphatic rings. The number of hydrogen-bond acceptors (Lipinski definition) is 6. The molecular weight excluding hydrogens is 331 g/mol. The van der Waals surface area contributed by atoms with Gasteiger partial charge in [0.1, 0.15) is 6.10 Å². The van der Waals surface area contributed by atoms with Crippen LogP contribution >= 0.6 is 0 Å². The van der Waals surface area contributed by atoms with Crippen molar-refractivity contribution in [1.29, 1.82) is 0 Å². The van der Waals surface area contributed by atoms with Crippen molar-refractivity contribution in [3.63, 3.8) is 0 Å². The Bertz CT molecular complexity index is 677. The smallest absolute Gasteiger partial charge is 0.346 e. The summed E-state index contributed by atoms with van der Waals surface area (Å²) in [6.45, 7) is 3.42. The molecule has 25 heavy (non-hydrogen) atoms. The molecule has 1 aromatic rings. The summed E-state index contributed by atoms with van der Waals surface area (Å²) in [6, 6.07) is 3.96. The summed E-state index contributed by atoms with van der Waals surface area (Å²) >= 11 is 0. The number of nitrogens with zero attached hydrogens (tertiary/aromatic N) is 1. The molecule has 1 aliphatic heterocycles. The van der Waals surface area contributed by atoms with Gasteiger partial charge in [-0.3, -0.25) is 4.79 Å². The molecule has 1 aromatic carbocycles. The van der Waals surface area contributed by atoms with E-state index in [0.29, 0.717) is 6.42 Å². The first-order valence-corrected chi connectivity index (χ1v) is 7.98. The van der Waals surface area contributed by atoms with Crippen LogP contribution in [0.4, 0.5) is 10.1 Å². The summed E-state index contributed by atoms with van der Waals surface area (Å²) < 4.78 is 23.8. The van der Waals surface area contributed by atoms with Crippen molar-refractivity contribution in [1.82, 2.24) is 0 Å². The number of carbonyl (C=O) groups is 2. The topological polar surface area (TPSA) is 86.2 Å². The van der Waals surface area contributed by atoms with Crippen LogP contribution in [0.3, 0.4) is 0 Å². The molecule has 0 saturated carbocycles. The van der Waals surface area contributed by atoms with Gasteiger partial charge >= 0.3 is 5.97 Å². The lowest BCUT2D eigenvalue weighted by atomic mass is 10.1. The third-order valence-electron chi connectivity index (χ3n) is 3.67. The third kappa shape index (κ3) is 5.17. The maximum absolute atomic E-state index is 14.1. The van der Waals surface area contributed by atoms with Gasteiger partial charge in [0.25, 0.3) is 0 Å². The number of ether oxygens (including phenoxy) is 2. The summed E-state index contributed by atoms with van der Waals surface area (Å²) in [7, 11) is 1.22. The normalized spacial score (nSPS) is 17.3. The van der Waals surface area contributed by atoms with E-state index in [1.807, 2.05) is 6.92 Å². The Balaban J connectivity index is 1.89. The number of anilines is 1. The molecule has 136 valence electrons. The molecule has 2 atom stereocenters. The average Bonchev–Trinajstić information content (AvgIpc) is 3.03. The standard InChI is InChI=1S/C17H21FN2O5/c1-4-11-7-13(25-20-11)9-16(21)19-12-5-6-15(14(18)8-12)24-10(2)17(22)23-3/h5-6,8,10,13H,4,7,9H2,1-3H3,(H,19,21). The van der Waals surface area contributed by atoms with Crippen molar-refractivity contribution in [2.24, 2.45) is 5.16 Å². The molecule has 0 aliphatic carbocycles. The zero-order valence-electron chi connectivity index (χ0n) is 14.4. The summed E-state index contributed by atoms with van der Waals surface area (Å²) in [6.07, 6.45) is 0.313. The van der Waals surface area contributed by atoms with Crippen LogP contribution in [0.15, 0.2) is 23.4 Å². The van der Waals surface area contributed by atoms with E-state index in [9.17, 15) is 14.0 Å². The minimum atomic E-state index is -0.938. The quantitative estimate of drug-likeness (QED) is 0.763. The zero-order valence-corrected chi connectivity index (χ0v) is 14.4. The first-order valence-electron chi connectivity index (χ1n) is 7.98. The van der Waals surface area contributed by atoms with Gasteiger partial charge in [0.2, 0.25) is 5.91 Å². The summed E-state index contributed by atoms with van der Waals surface area (Å²) in [5, 5.41) is 6.49. The van der Waals surface area contributed by atoms with E-state index < -0.39 is 17.9 Å². The van der Waals surface area contributed by atoms with Gasteiger partial charge in [-0.15, -0.1) is 0 Å². The second kappa shape index (κ2) is 8.46. The number of methoxy groups -OCH3 is 1. The number of benzene rings is 1. The lowest BCUT2D eigenvalue weighted by Gasteiger charge is -2.14. The molecule has 0 spiro atoms. The molecule has 0 fully saturated rings. The maximum Gasteiger partial charge on any atom is 0.346 e. The Morgan fingerprint density at radius 2 is 2.24 bits per heavy atom. The van der Waals surface area contributed by atoms with E-state index in [1.54, 1.807) is 0 Å². The van der Waals surface area contributed by atoms with Crippen LogP contribution in [0.5, 0.6) is 5.75 Å². The van der Waals surface area contributed by atoms with Gasteiger partial charge in [0.05, 0.1) is 19.2 Å². The van der Waals surface area contributed by atoms with E-state index in [2.05, 4.69) is 15.2 Å². The van der Waals surface area contributed by atoms with Crippen molar-refractivity contribution in [2.75, 3.05) is 12.4 Å². The Kier molecular flexibility index (Phi) is 6.32. The van der Waals surface area contributed by atoms with Crippen molar-refractivity contribution >= 4 is 23.3 Å². The maximum atomic E-state index is 14.1. The van der Waals surface area contributed by atoms with Gasteiger partial charge in [-0.25, -0.2) is 9.18 Å². The van der Waals surface area contributed by atoms with Crippen LogP contribution in [0.25, 0.3) is 0 Å². The molecule has 1 N–H and O–H groups in total. The summed E-state index contributed by atoms with van der Waals surface area (Å²) in [5.41, 5.74) is 1.21. The lowest BCUT2D eigenvalue weighted by Crippen LogP contribution is -2.25. The summed E-state index contributed by atoms with van der Waals surface area (Å²) in [4.78, 5) is 28.5. The van der Waals surface area contributed by atoms with E-state index in [-0.39, 0.29) is 29.9 Å². The number of esters is 1. The van der Waals surface area contributed by atoms with Crippen LogP contribution in [0.2, 0.25) is 0 Å². The first kappa shape index (κ1) is 18.7. The minimum Gasteiger partial charge on any atom is -0.476 e. The van der Waals surface area contributed by atoms with Crippen molar-refractivity contribution in [3.05, 3.63) is 24.0 Å². The van der Waals surface area contributed by atoms with Crippen LogP contribution in [0.1, 0.15) is 33.1 Å². The van der Waals surface area contributed by atoms with Gasteiger partial charge in [0.15, 0.2) is 17.7 Å². The van der Waals surface area contributed by atoms with Gasteiger partial charge < -0.3 is 19.6 Å². The van der Waals surface area contributed by atoms with Crippen molar-refractivity contribution in [2.45, 2.75) is 45.3 Å². The van der Waals surface area contributed by atoms with Gasteiger partial charge in [-0.05, 0) is 25.5 Å². The molecule has 8 heteroatoms. The highest BCUT2D eigenvalue weighted by Crippen LogP contribution is 2.23. The van der Waals surface area contributed by atoms with Gasteiger partial charge in [-0.2, -0.15) is 0 Å². The first-order chi connectivity index (χ1) is 11.9. The monoisotopic (exact) mass is 352 g/mol. The van der Waals surface area contributed by atoms with Crippen molar-refractivity contribution < 1.29 is 28.3 Å². The van der Waals surface area contributed by atoms with Gasteiger partial charge in [-0.1, -0.05) is 12.1 Å². The number of nitrogens with one attached hydrogen (secondary N) is 1. The molecule has 0 bridgehead atoms. The molecule has 7 nitrogen and oxygen atoms in total. The lowest BCUT2D eigenvalue weighted by molar-refractivity contribution is -0.148. The molecule has 1 amide bonds. The Morgan fingerprint density at radius 3 is 2.84 bits per heavy atom. The molecule has 1 heterocycles. The number of amides is 1. The molecular formula is C17H21FN2O5. The molecule has 0 aromatic heterocycles. The third-order valence-corrected chi connectivity index (χ3v) is 3.67. The fraction of sp³-hybridized carbons (Fsp3) is 0.471. The minimum absolute atomic E-state index is 0.101. The van der Waals surface area contributed by atoms with Crippen LogP contribution in [0, 0.1) is 5.82 Å². The zero-order chi connectivity index (χ0) is 18.4. The number of halogens is 1. The van der Waals surface area contributed by atoms with Crippen LogP contribution in [-0.4, -0.2) is 36.9 Å². The molecule has 2 unspecified atom stereocenters. The predicted molar refractivity (Wildman–Crippen MR) is 89.0 cm³/mol. The predicted octanol–water partition coefficient (Wildman–Crippen LogP) is 2.65. The van der Waals surface area contributed by atoms with Crippen LogP contribution in [-0.2, 0) is 19.2 Å². The van der Waals surface area contributed by atoms with Gasteiger partial charge in [0, 0.05) is 18.2 Å². The van der Waals surface area contributed by atoms with E-state index in [4.69, 9.17) is 9.57 Å². The Morgan fingerprint density at radius 1 is 1.48 bits per heavy atom. The van der Waals surface area contributed by atoms with E-state index in [1.165, 1.54) is 26.2 Å². The SMILES string of the molecule is CCC1=NOC(CC(=O)Nc2ccc(OC(C)C(=O)OC)c(F)c2)C1. The number of rotatable bonds is 7. The number of carbonyl (C=O) groups excluding carboxylic acids is 2. The highest BCUT2D eigenvalue weighted by molar-refractivity contribution is 5.92. The van der Waals surface area contributed by atoms with E-state index in [0.717, 1.165) is 18.2 Å². The second-order valence-corrected chi connectivity index (χ2v) is 5.62. The Hall–Kier alpha value is -2.64. The average molecular weight is 352 g/mol. The molecule has 2 rings (SSSR count). The highest BCUT2D eigenvalue weighted by Gasteiger charge is 2.23.